The second-order valence-electron chi connectivity index (χ2n) is 7.27. The maximum Gasteiger partial charge on any atom is 0.333 e. The molecule has 1 aromatic heterocycles. The lowest BCUT2D eigenvalue weighted by atomic mass is 10.0. The molecule has 1 aliphatic rings. The lowest BCUT2D eigenvalue weighted by Gasteiger charge is -2.06. The third-order valence-corrected chi connectivity index (χ3v) is 5.25. The molecule has 8 nitrogen and oxygen atoms in total. The number of carbonyl (C=O) groups is 4. The molecule has 166 valence electrons. The maximum absolute atomic E-state index is 13.1. The lowest BCUT2D eigenvalue weighted by molar-refractivity contribution is -0.135. The highest BCUT2D eigenvalue weighted by atomic mass is 35.5. The van der Waals surface area contributed by atoms with Crippen LogP contribution in [0.15, 0.2) is 66.5 Å². The largest absolute Gasteiger partial charge is 0.478 e. The smallest absolute Gasteiger partial charge is 0.333 e. The van der Waals surface area contributed by atoms with Crippen LogP contribution in [0.1, 0.15) is 21.5 Å². The summed E-state index contributed by atoms with van der Waals surface area (Å²) in [5.41, 5.74) is 2.33. The van der Waals surface area contributed by atoms with E-state index in [9.17, 15) is 19.2 Å². The SMILES string of the molecule is O=C(O)/C=C/c1cccc2c1c(C(=O)C(=O)NC1=CC(=O)OC1)cn2Cc1ccc(Cl)cc1. The predicted octanol–water partition coefficient (Wildman–Crippen LogP) is 3.18. The van der Waals surface area contributed by atoms with E-state index in [1.165, 1.54) is 6.08 Å². The van der Waals surface area contributed by atoms with Crippen molar-refractivity contribution in [2.75, 3.05) is 6.61 Å². The molecular weight excluding hydrogens is 448 g/mol. The van der Waals surface area contributed by atoms with Crippen molar-refractivity contribution in [1.82, 2.24) is 9.88 Å². The summed E-state index contributed by atoms with van der Waals surface area (Å²) in [5, 5.41) is 12.5. The van der Waals surface area contributed by atoms with Crippen molar-refractivity contribution in [3.63, 3.8) is 0 Å². The van der Waals surface area contributed by atoms with Gasteiger partial charge in [0.1, 0.15) is 6.61 Å². The summed E-state index contributed by atoms with van der Waals surface area (Å²) >= 11 is 5.96. The van der Waals surface area contributed by atoms with Crippen molar-refractivity contribution in [2.45, 2.75) is 6.54 Å². The number of nitrogens with one attached hydrogen (secondary N) is 1. The third-order valence-electron chi connectivity index (χ3n) is 5.00. The van der Waals surface area contributed by atoms with Crippen LogP contribution in [-0.4, -0.2) is 39.9 Å². The van der Waals surface area contributed by atoms with Crippen molar-refractivity contribution in [2.24, 2.45) is 0 Å². The van der Waals surface area contributed by atoms with Gasteiger partial charge in [-0.3, -0.25) is 9.59 Å². The fourth-order valence-electron chi connectivity index (χ4n) is 3.54. The number of aromatic nitrogens is 1. The first-order chi connectivity index (χ1) is 15.8. The first-order valence-electron chi connectivity index (χ1n) is 9.82. The van der Waals surface area contributed by atoms with Gasteiger partial charge in [0.15, 0.2) is 0 Å². The summed E-state index contributed by atoms with van der Waals surface area (Å²) in [6.45, 7) is 0.269. The Bertz CT molecular complexity index is 1350. The number of carboxylic acids is 1. The Kier molecular flexibility index (Phi) is 6.10. The minimum absolute atomic E-state index is 0.105. The zero-order valence-corrected chi connectivity index (χ0v) is 17.8. The Morgan fingerprint density at radius 2 is 1.91 bits per heavy atom. The number of esters is 1. The highest BCUT2D eigenvalue weighted by molar-refractivity contribution is 6.45. The second kappa shape index (κ2) is 9.13. The molecule has 4 rings (SSSR count). The quantitative estimate of drug-likeness (QED) is 0.240. The zero-order chi connectivity index (χ0) is 23.5. The van der Waals surface area contributed by atoms with E-state index < -0.39 is 23.6 Å². The zero-order valence-electron chi connectivity index (χ0n) is 17.1. The number of nitrogens with zero attached hydrogens (tertiary/aromatic N) is 1. The van der Waals surface area contributed by atoms with E-state index in [-0.39, 0.29) is 17.9 Å². The molecule has 0 unspecified atom stereocenters. The first-order valence-corrected chi connectivity index (χ1v) is 10.2. The third kappa shape index (κ3) is 4.86. The molecule has 2 aromatic carbocycles. The van der Waals surface area contributed by atoms with Crippen molar-refractivity contribution in [3.05, 3.63) is 88.2 Å². The van der Waals surface area contributed by atoms with Crippen molar-refractivity contribution < 1.29 is 29.0 Å². The molecule has 2 N–H and O–H groups in total. The molecule has 9 heteroatoms. The van der Waals surface area contributed by atoms with Gasteiger partial charge in [-0.25, -0.2) is 9.59 Å². The minimum atomic E-state index is -1.14. The minimum Gasteiger partial charge on any atom is -0.478 e. The summed E-state index contributed by atoms with van der Waals surface area (Å²) in [4.78, 5) is 48.0. The Morgan fingerprint density at radius 3 is 2.58 bits per heavy atom. The summed E-state index contributed by atoms with van der Waals surface area (Å²) in [6, 6.07) is 12.4. The number of carboxylic acid groups (broad SMARTS) is 1. The van der Waals surface area contributed by atoms with Crippen LogP contribution in [0, 0.1) is 0 Å². The van der Waals surface area contributed by atoms with Gasteiger partial charge in [0.05, 0.1) is 11.3 Å². The van der Waals surface area contributed by atoms with Crippen LogP contribution in [0.3, 0.4) is 0 Å². The Hall–Kier alpha value is -4.17. The molecule has 33 heavy (non-hydrogen) atoms. The Morgan fingerprint density at radius 1 is 1.15 bits per heavy atom. The van der Waals surface area contributed by atoms with E-state index in [4.69, 9.17) is 21.4 Å². The molecule has 0 atom stereocenters. The van der Waals surface area contributed by atoms with Gasteiger partial charge in [-0.2, -0.15) is 0 Å². The van der Waals surface area contributed by atoms with Crippen LogP contribution in [0.5, 0.6) is 0 Å². The van der Waals surface area contributed by atoms with Crippen molar-refractivity contribution in [3.8, 4) is 0 Å². The summed E-state index contributed by atoms with van der Waals surface area (Å²) in [7, 11) is 0. The molecule has 1 aliphatic heterocycles. The maximum atomic E-state index is 13.1. The molecule has 0 saturated heterocycles. The van der Waals surface area contributed by atoms with Crippen LogP contribution in [0.25, 0.3) is 17.0 Å². The number of amides is 1. The van der Waals surface area contributed by atoms with Gasteiger partial charge in [0, 0.05) is 40.8 Å². The molecule has 0 fully saturated rings. The summed E-state index contributed by atoms with van der Waals surface area (Å²) in [6.07, 6.45) is 5.00. The van der Waals surface area contributed by atoms with Crippen molar-refractivity contribution in [1.29, 1.82) is 0 Å². The molecule has 0 saturated carbocycles. The number of hydrogen-bond donors (Lipinski definition) is 2. The standard InChI is InChI=1S/C24H17ClN2O6/c25-16-7-4-14(5-8-16)11-27-12-18(23(31)24(32)26-17-10-21(30)33-13-17)22-15(6-9-20(28)29)2-1-3-19(22)27/h1-10,12H,11,13H2,(H,26,32)(H,28,29)/b9-6+. The molecule has 0 spiro atoms. The van der Waals surface area contributed by atoms with Crippen LogP contribution in [-0.2, 0) is 25.7 Å². The van der Waals surface area contributed by atoms with Crippen molar-refractivity contribution >= 4 is 52.2 Å². The predicted molar refractivity (Wildman–Crippen MR) is 121 cm³/mol. The van der Waals surface area contributed by atoms with Crippen LogP contribution >= 0.6 is 11.6 Å². The summed E-state index contributed by atoms with van der Waals surface area (Å²) in [5.74, 6) is -3.50. The molecule has 1 amide bonds. The Balaban J connectivity index is 1.77. The molecule has 0 aliphatic carbocycles. The number of ketones is 1. The number of carbonyl (C=O) groups excluding carboxylic acids is 3. The normalized spacial score (nSPS) is 13.2. The number of hydrogen-bond acceptors (Lipinski definition) is 5. The van der Waals surface area contributed by atoms with E-state index in [1.54, 1.807) is 41.1 Å². The fraction of sp³-hybridized carbons (Fsp3) is 0.0833. The van der Waals surface area contributed by atoms with Gasteiger partial charge < -0.3 is 19.7 Å². The van der Waals surface area contributed by atoms with Gasteiger partial charge in [-0.05, 0) is 35.4 Å². The highest BCUT2D eigenvalue weighted by Crippen LogP contribution is 2.28. The highest BCUT2D eigenvalue weighted by Gasteiger charge is 2.25. The number of cyclic esters (lactones) is 1. The lowest BCUT2D eigenvalue weighted by Crippen LogP contribution is -2.31. The van der Waals surface area contributed by atoms with E-state index in [0.717, 1.165) is 17.7 Å². The molecule has 0 bridgehead atoms. The average Bonchev–Trinajstić information content (AvgIpc) is 3.36. The average molecular weight is 465 g/mol. The number of fused-ring (bicyclic) bond motifs is 1. The monoisotopic (exact) mass is 464 g/mol. The van der Waals surface area contributed by atoms with Crippen LogP contribution in [0.2, 0.25) is 5.02 Å². The van der Waals surface area contributed by atoms with E-state index in [0.29, 0.717) is 28.0 Å². The van der Waals surface area contributed by atoms with Crippen LogP contribution in [0.4, 0.5) is 0 Å². The Labute approximate surface area is 192 Å². The number of halogens is 1. The van der Waals surface area contributed by atoms with Gasteiger partial charge in [-0.15, -0.1) is 0 Å². The summed E-state index contributed by atoms with van der Waals surface area (Å²) < 4.78 is 6.54. The van der Waals surface area contributed by atoms with Gasteiger partial charge in [-0.1, -0.05) is 35.9 Å². The number of rotatable bonds is 7. The molecule has 0 radical (unpaired) electrons. The number of Topliss-reactive ketones (excluding diaryl/α,β-unsaturated/α-hetero) is 1. The van der Waals surface area contributed by atoms with E-state index in [1.807, 2.05) is 12.1 Å². The topological polar surface area (TPSA) is 115 Å². The van der Waals surface area contributed by atoms with E-state index in [2.05, 4.69) is 5.32 Å². The number of benzene rings is 2. The number of aliphatic carboxylic acids is 1. The first kappa shape index (κ1) is 22.0. The van der Waals surface area contributed by atoms with Gasteiger partial charge in [0.2, 0.25) is 0 Å². The molecular formula is C24H17ClN2O6. The van der Waals surface area contributed by atoms with Gasteiger partial charge in [0.25, 0.3) is 11.7 Å². The van der Waals surface area contributed by atoms with Gasteiger partial charge >= 0.3 is 11.9 Å². The number of ether oxygens (including phenoxy) is 1. The molecule has 3 aromatic rings. The van der Waals surface area contributed by atoms with E-state index >= 15 is 0 Å². The fourth-order valence-corrected chi connectivity index (χ4v) is 3.67. The second-order valence-corrected chi connectivity index (χ2v) is 7.71. The van der Waals surface area contributed by atoms with Crippen LogP contribution < -0.4 is 5.32 Å². The molecule has 2 heterocycles.